The molecule has 2 amide bonds. The molecule has 3 aliphatic heterocycles. The number of H-pyrrole nitrogens is 1. The summed E-state index contributed by atoms with van der Waals surface area (Å²) in [6.45, 7) is 5.21. The monoisotopic (exact) mass is 628 g/mol. The van der Waals surface area contributed by atoms with Crippen LogP contribution in [0.5, 0.6) is 0 Å². The first-order valence-corrected chi connectivity index (χ1v) is 18.4. The van der Waals surface area contributed by atoms with Gasteiger partial charge in [0.15, 0.2) is 5.60 Å². The van der Waals surface area contributed by atoms with Gasteiger partial charge in [-0.25, -0.2) is 4.68 Å². The lowest BCUT2D eigenvalue weighted by molar-refractivity contribution is -0.150. The van der Waals surface area contributed by atoms with Gasteiger partial charge in [-0.1, -0.05) is 43.3 Å². The van der Waals surface area contributed by atoms with E-state index in [-0.39, 0.29) is 30.4 Å². The van der Waals surface area contributed by atoms with Crippen molar-refractivity contribution in [3.63, 3.8) is 0 Å². The minimum absolute atomic E-state index is 0.108. The molecule has 11 heteroatoms. The van der Waals surface area contributed by atoms with Crippen molar-refractivity contribution in [2.75, 3.05) is 18.6 Å². The van der Waals surface area contributed by atoms with Crippen LogP contribution in [0.1, 0.15) is 30.0 Å². The van der Waals surface area contributed by atoms with Gasteiger partial charge < -0.3 is 23.8 Å². The van der Waals surface area contributed by atoms with Gasteiger partial charge in [0.1, 0.15) is 0 Å². The van der Waals surface area contributed by atoms with Crippen molar-refractivity contribution in [2.24, 2.45) is 5.92 Å². The maximum atomic E-state index is 16.3. The fraction of sp³-hybridized carbons (Fsp3) is 0.382. The summed E-state index contributed by atoms with van der Waals surface area (Å²) in [5, 5.41) is 13.9. The van der Waals surface area contributed by atoms with E-state index >= 15 is 4.11 Å². The number of aromatic nitrogens is 2. The first-order valence-electron chi connectivity index (χ1n) is 15.4. The summed E-state index contributed by atoms with van der Waals surface area (Å²) in [7, 11) is -1.83. The number of halogens is 1. The molecule has 0 saturated carbocycles. The first-order chi connectivity index (χ1) is 21.5. The predicted octanol–water partition coefficient (Wildman–Crippen LogP) is 4.41. The van der Waals surface area contributed by atoms with Crippen molar-refractivity contribution >= 4 is 36.8 Å². The summed E-state index contributed by atoms with van der Waals surface area (Å²) in [5.41, 5.74) is 2.10. The SMILES string of the molecule is C[C@H]1[C@H]([Si](C)(C)F)[C@@H](CC(=O)N2Cc3ccccc3C[C@H]2CO)O[C@]12C(=O)N(C)c1ccc(-n3[nH]c4ccccc4c3=O)cc12. The second-order valence-electron chi connectivity index (χ2n) is 13.2. The van der Waals surface area contributed by atoms with Crippen LogP contribution >= 0.6 is 0 Å². The van der Waals surface area contributed by atoms with Crippen LogP contribution < -0.4 is 10.5 Å². The Kier molecular flexibility index (Phi) is 6.92. The third-order valence-electron chi connectivity index (χ3n) is 10.2. The Labute approximate surface area is 261 Å². The molecular formula is C34H37FN4O5Si. The van der Waals surface area contributed by atoms with Crippen LogP contribution in [0.4, 0.5) is 9.80 Å². The van der Waals surface area contributed by atoms with E-state index in [1.165, 1.54) is 9.58 Å². The van der Waals surface area contributed by atoms with Crippen LogP contribution in [0.3, 0.4) is 0 Å². The minimum atomic E-state index is -3.50. The predicted molar refractivity (Wildman–Crippen MR) is 172 cm³/mol. The zero-order valence-corrected chi connectivity index (χ0v) is 26.8. The van der Waals surface area contributed by atoms with Gasteiger partial charge in [-0.15, -0.1) is 0 Å². The highest BCUT2D eigenvalue weighted by molar-refractivity contribution is 6.72. The molecule has 9 nitrogen and oxygen atoms in total. The van der Waals surface area contributed by atoms with Gasteiger partial charge in [0.25, 0.3) is 11.5 Å². The largest absolute Gasteiger partial charge is 0.394 e. The number of aliphatic hydroxyl groups is 1. The van der Waals surface area contributed by atoms with Crippen LogP contribution in [0, 0.1) is 5.92 Å². The topological polar surface area (TPSA) is 108 Å². The smallest absolute Gasteiger partial charge is 0.279 e. The van der Waals surface area contributed by atoms with E-state index < -0.39 is 37.6 Å². The average Bonchev–Trinajstić information content (AvgIpc) is 3.59. The van der Waals surface area contributed by atoms with E-state index in [0.717, 1.165) is 11.1 Å². The fourth-order valence-electron chi connectivity index (χ4n) is 8.05. The number of aromatic amines is 1. The third-order valence-corrected chi connectivity index (χ3v) is 12.6. The summed E-state index contributed by atoms with van der Waals surface area (Å²) in [6.07, 6.45) is -0.425. The van der Waals surface area contributed by atoms with Gasteiger partial charge in [-0.3, -0.25) is 19.5 Å². The molecule has 7 rings (SSSR count). The van der Waals surface area contributed by atoms with Crippen molar-refractivity contribution in [3.8, 4) is 5.69 Å². The van der Waals surface area contributed by atoms with Gasteiger partial charge in [0.05, 0.1) is 47.5 Å². The second-order valence-corrected chi connectivity index (χ2v) is 17.0. The molecule has 2 N–H and O–H groups in total. The van der Waals surface area contributed by atoms with Crippen LogP contribution in [0.2, 0.25) is 18.6 Å². The summed E-state index contributed by atoms with van der Waals surface area (Å²) in [5.74, 6) is -1.13. The molecular weight excluding hydrogens is 591 g/mol. The number of rotatable bonds is 5. The zero-order valence-electron chi connectivity index (χ0n) is 25.8. The standard InChI is InChI=1S/C34H37FN4O5Si/c1-20-31(45(3,4)35)29(17-30(41)38-18-22-10-6-5-9-21(22)15-24(38)19-40)44-34(20)26-16-23(13-14-28(26)37(2)33(34)43)39-32(42)25-11-7-8-12-27(25)36-39/h5-14,16,20,24,29,31,36,40H,15,17-19H2,1-4H3/t20-,24-,29+,31-,34+/m0/s1. The van der Waals surface area contributed by atoms with Gasteiger partial charge in [-0.05, 0) is 61.0 Å². The zero-order chi connectivity index (χ0) is 31.8. The number of carbonyl (C=O) groups excluding carboxylic acids is 2. The number of anilines is 1. The minimum Gasteiger partial charge on any atom is -0.394 e. The number of hydrogen-bond donors (Lipinski definition) is 2. The van der Waals surface area contributed by atoms with E-state index in [4.69, 9.17) is 4.74 Å². The second kappa shape index (κ2) is 10.5. The van der Waals surface area contributed by atoms with E-state index in [1.807, 2.05) is 43.3 Å². The quantitative estimate of drug-likeness (QED) is 0.252. The number of carbonyl (C=O) groups is 2. The number of amides is 2. The van der Waals surface area contributed by atoms with Crippen LogP contribution in [0.15, 0.2) is 71.5 Å². The molecule has 3 aromatic carbocycles. The Balaban J connectivity index is 1.27. The van der Waals surface area contributed by atoms with Crippen molar-refractivity contribution in [1.29, 1.82) is 0 Å². The molecule has 45 heavy (non-hydrogen) atoms. The van der Waals surface area contributed by atoms with Crippen molar-refractivity contribution in [1.82, 2.24) is 14.7 Å². The lowest BCUT2D eigenvalue weighted by atomic mass is 9.82. The van der Waals surface area contributed by atoms with Crippen LogP contribution in [-0.2, 0) is 32.9 Å². The summed E-state index contributed by atoms with van der Waals surface area (Å²) in [6, 6.07) is 20.0. The molecule has 0 aliphatic carbocycles. The molecule has 5 atom stereocenters. The number of para-hydroxylation sites is 1. The van der Waals surface area contributed by atoms with Crippen LogP contribution in [-0.4, -0.2) is 65.8 Å². The number of aliphatic hydroxyl groups excluding tert-OH is 1. The van der Waals surface area contributed by atoms with E-state index in [1.54, 1.807) is 55.4 Å². The maximum absolute atomic E-state index is 16.3. The van der Waals surface area contributed by atoms with Crippen molar-refractivity contribution in [3.05, 3.63) is 93.8 Å². The molecule has 1 saturated heterocycles. The molecule has 0 radical (unpaired) electrons. The Morgan fingerprint density at radius 2 is 1.80 bits per heavy atom. The van der Waals surface area contributed by atoms with Gasteiger partial charge in [0, 0.05) is 30.6 Å². The lowest BCUT2D eigenvalue weighted by Crippen LogP contribution is -2.48. The first kappa shape index (κ1) is 29.6. The van der Waals surface area contributed by atoms with Gasteiger partial charge in [0.2, 0.25) is 14.3 Å². The number of ether oxygens (including phenoxy) is 1. The molecule has 1 spiro atoms. The Hall–Kier alpha value is -4.06. The van der Waals surface area contributed by atoms with Gasteiger partial charge >= 0.3 is 0 Å². The molecule has 3 aliphatic rings. The van der Waals surface area contributed by atoms with Gasteiger partial charge in [-0.2, -0.15) is 0 Å². The van der Waals surface area contributed by atoms with Crippen molar-refractivity contribution in [2.45, 2.75) is 62.7 Å². The molecule has 0 bridgehead atoms. The lowest BCUT2D eigenvalue weighted by Gasteiger charge is -2.37. The highest BCUT2D eigenvalue weighted by Gasteiger charge is 2.66. The van der Waals surface area contributed by atoms with Crippen molar-refractivity contribution < 1.29 is 23.5 Å². The number of likely N-dealkylation sites (N-methyl/N-ethyl adjacent to an activating group) is 1. The number of nitrogens with one attached hydrogen (secondary N) is 1. The third kappa shape index (κ3) is 4.43. The fourth-order valence-corrected chi connectivity index (χ4v) is 10.5. The normalized spacial score (nSPS) is 26.1. The number of fused-ring (bicyclic) bond motifs is 4. The summed E-state index contributed by atoms with van der Waals surface area (Å²) < 4.78 is 24.5. The molecule has 1 fully saturated rings. The summed E-state index contributed by atoms with van der Waals surface area (Å²) in [4.78, 5) is 44.6. The average molecular weight is 629 g/mol. The highest BCUT2D eigenvalue weighted by atomic mass is 28.4. The number of nitrogens with zero attached hydrogens (tertiary/aromatic N) is 3. The highest BCUT2D eigenvalue weighted by Crippen LogP contribution is 2.60. The number of benzene rings is 3. The summed E-state index contributed by atoms with van der Waals surface area (Å²) >= 11 is 0. The molecule has 1 aromatic heterocycles. The molecule has 0 unspecified atom stereocenters. The van der Waals surface area contributed by atoms with E-state index in [2.05, 4.69) is 5.10 Å². The Morgan fingerprint density at radius 3 is 2.51 bits per heavy atom. The van der Waals surface area contributed by atoms with E-state index in [9.17, 15) is 19.5 Å². The Morgan fingerprint density at radius 1 is 1.09 bits per heavy atom. The molecule has 4 aromatic rings. The van der Waals surface area contributed by atoms with E-state index in [0.29, 0.717) is 40.8 Å². The Bertz CT molecular complexity index is 1900. The maximum Gasteiger partial charge on any atom is 0.279 e. The molecule has 4 heterocycles. The number of hydrogen-bond acceptors (Lipinski definition) is 5. The van der Waals surface area contributed by atoms with Crippen LogP contribution in [0.25, 0.3) is 16.6 Å². The molecule has 234 valence electrons.